The van der Waals surface area contributed by atoms with Gasteiger partial charge < -0.3 is 5.32 Å². The quantitative estimate of drug-likeness (QED) is 0.858. The van der Waals surface area contributed by atoms with Gasteiger partial charge in [-0.2, -0.15) is 0 Å². The molecule has 0 spiro atoms. The fourth-order valence-corrected chi connectivity index (χ4v) is 2.48. The summed E-state index contributed by atoms with van der Waals surface area (Å²) < 4.78 is 2.58. The van der Waals surface area contributed by atoms with Crippen LogP contribution in [-0.4, -0.2) is 22.6 Å². The first kappa shape index (κ1) is 12.8. The molecule has 5 heteroatoms. The topological polar surface area (TPSA) is 46.9 Å². The van der Waals surface area contributed by atoms with Crippen LogP contribution in [-0.2, 0) is 6.54 Å². The van der Waals surface area contributed by atoms with Crippen molar-refractivity contribution in [2.75, 3.05) is 13.1 Å². The lowest BCUT2D eigenvalue weighted by Gasteiger charge is -2.07. The second kappa shape index (κ2) is 5.43. The highest BCUT2D eigenvalue weighted by molar-refractivity contribution is 9.10. The second-order valence-corrected chi connectivity index (χ2v) is 5.97. The molecule has 0 atom stereocenters. The van der Waals surface area contributed by atoms with Crippen LogP contribution in [0.3, 0.4) is 0 Å². The summed E-state index contributed by atoms with van der Waals surface area (Å²) in [6, 6.07) is 5.59. The SMILES string of the molecule is O=c1c2cc(Br)ccc2ncn1CCNCC1CC1. The second-order valence-electron chi connectivity index (χ2n) is 5.05. The van der Waals surface area contributed by atoms with Gasteiger partial charge >= 0.3 is 0 Å². The van der Waals surface area contributed by atoms with Crippen molar-refractivity contribution in [1.82, 2.24) is 14.9 Å². The maximum atomic E-state index is 12.3. The molecule has 100 valence electrons. The Morgan fingerprint density at radius 3 is 3.05 bits per heavy atom. The Kier molecular flexibility index (Phi) is 3.66. The van der Waals surface area contributed by atoms with Crippen LogP contribution >= 0.6 is 15.9 Å². The van der Waals surface area contributed by atoms with Crippen LogP contribution in [0, 0.1) is 5.92 Å². The van der Waals surface area contributed by atoms with Gasteiger partial charge in [-0.15, -0.1) is 0 Å². The van der Waals surface area contributed by atoms with E-state index in [0.717, 1.165) is 29.0 Å². The summed E-state index contributed by atoms with van der Waals surface area (Å²) in [6.45, 7) is 2.56. The molecule has 1 fully saturated rings. The molecule has 0 saturated heterocycles. The molecular weight excluding hydrogens is 306 g/mol. The van der Waals surface area contributed by atoms with Gasteiger partial charge in [0.15, 0.2) is 0 Å². The van der Waals surface area contributed by atoms with Crippen LogP contribution in [0.1, 0.15) is 12.8 Å². The number of hydrogen-bond acceptors (Lipinski definition) is 3. The van der Waals surface area contributed by atoms with Crippen LogP contribution in [0.25, 0.3) is 10.9 Å². The number of halogens is 1. The molecule has 2 aromatic rings. The molecular formula is C14H16BrN3O. The van der Waals surface area contributed by atoms with Crippen molar-refractivity contribution >= 4 is 26.8 Å². The molecule has 4 nitrogen and oxygen atoms in total. The predicted molar refractivity (Wildman–Crippen MR) is 79.3 cm³/mol. The molecule has 1 aliphatic rings. The van der Waals surface area contributed by atoms with Gasteiger partial charge in [0, 0.05) is 17.6 Å². The lowest BCUT2D eigenvalue weighted by molar-refractivity contribution is 0.564. The van der Waals surface area contributed by atoms with E-state index in [9.17, 15) is 4.79 Å². The summed E-state index contributed by atoms with van der Waals surface area (Å²) in [5, 5.41) is 4.05. The van der Waals surface area contributed by atoms with Crippen LogP contribution in [0.2, 0.25) is 0 Å². The average molecular weight is 322 g/mol. The molecule has 0 unspecified atom stereocenters. The molecule has 0 aliphatic heterocycles. The maximum Gasteiger partial charge on any atom is 0.261 e. The first-order chi connectivity index (χ1) is 9.24. The molecule has 1 aromatic heterocycles. The monoisotopic (exact) mass is 321 g/mol. The van der Waals surface area contributed by atoms with E-state index in [0.29, 0.717) is 11.9 Å². The largest absolute Gasteiger partial charge is 0.315 e. The first-order valence-corrected chi connectivity index (χ1v) is 7.39. The van der Waals surface area contributed by atoms with Crippen molar-refractivity contribution in [2.45, 2.75) is 19.4 Å². The van der Waals surface area contributed by atoms with Gasteiger partial charge in [0.1, 0.15) is 0 Å². The Hall–Kier alpha value is -1.20. The molecule has 1 aromatic carbocycles. The van der Waals surface area contributed by atoms with Crippen LogP contribution < -0.4 is 10.9 Å². The fraction of sp³-hybridized carbons (Fsp3) is 0.429. The summed E-state index contributed by atoms with van der Waals surface area (Å²) in [7, 11) is 0. The van der Waals surface area contributed by atoms with Crippen molar-refractivity contribution < 1.29 is 0 Å². The molecule has 0 radical (unpaired) electrons. The third kappa shape index (κ3) is 3.04. The van der Waals surface area contributed by atoms with Gasteiger partial charge in [-0.05, 0) is 43.5 Å². The lowest BCUT2D eigenvalue weighted by Crippen LogP contribution is -2.28. The Morgan fingerprint density at radius 2 is 2.26 bits per heavy atom. The van der Waals surface area contributed by atoms with E-state index in [-0.39, 0.29) is 5.56 Å². The third-order valence-electron chi connectivity index (χ3n) is 3.45. The lowest BCUT2D eigenvalue weighted by atomic mass is 10.2. The Bertz CT molecular complexity index is 649. The van der Waals surface area contributed by atoms with E-state index >= 15 is 0 Å². The normalized spacial score (nSPS) is 15.0. The Labute approximate surface area is 120 Å². The highest BCUT2D eigenvalue weighted by atomic mass is 79.9. The van der Waals surface area contributed by atoms with Crippen molar-refractivity contribution in [3.05, 3.63) is 39.4 Å². The standard InChI is InChI=1S/C14H16BrN3O/c15-11-3-4-13-12(7-11)14(19)18(9-17-13)6-5-16-8-10-1-2-10/h3-4,7,9-10,16H,1-2,5-6,8H2. The zero-order valence-corrected chi connectivity index (χ0v) is 12.2. The van der Waals surface area contributed by atoms with Gasteiger partial charge in [-0.25, -0.2) is 4.98 Å². The summed E-state index contributed by atoms with van der Waals surface area (Å²) in [5.41, 5.74) is 0.773. The van der Waals surface area contributed by atoms with E-state index in [4.69, 9.17) is 0 Å². The van der Waals surface area contributed by atoms with Crippen molar-refractivity contribution in [3.8, 4) is 0 Å². The number of rotatable bonds is 5. The molecule has 0 bridgehead atoms. The molecule has 3 rings (SSSR count). The van der Waals surface area contributed by atoms with E-state index in [1.165, 1.54) is 12.8 Å². The van der Waals surface area contributed by atoms with E-state index in [1.54, 1.807) is 10.9 Å². The number of fused-ring (bicyclic) bond motifs is 1. The predicted octanol–water partition coefficient (Wildman–Crippen LogP) is 2.16. The van der Waals surface area contributed by atoms with Crippen LogP contribution in [0.5, 0.6) is 0 Å². The number of nitrogens with one attached hydrogen (secondary N) is 1. The minimum absolute atomic E-state index is 0.0273. The maximum absolute atomic E-state index is 12.3. The van der Waals surface area contributed by atoms with Gasteiger partial charge in [-0.3, -0.25) is 9.36 Å². The molecule has 1 saturated carbocycles. The number of hydrogen-bond donors (Lipinski definition) is 1. The fourth-order valence-electron chi connectivity index (χ4n) is 2.12. The minimum atomic E-state index is 0.0273. The highest BCUT2D eigenvalue weighted by Gasteiger charge is 2.19. The van der Waals surface area contributed by atoms with Crippen LogP contribution in [0.15, 0.2) is 33.8 Å². The van der Waals surface area contributed by atoms with Crippen molar-refractivity contribution in [2.24, 2.45) is 5.92 Å². The Balaban J connectivity index is 1.75. The molecule has 1 heterocycles. The summed E-state index contributed by atoms with van der Waals surface area (Å²) >= 11 is 3.39. The Morgan fingerprint density at radius 1 is 1.42 bits per heavy atom. The summed E-state index contributed by atoms with van der Waals surface area (Å²) in [5.74, 6) is 0.863. The average Bonchev–Trinajstić information content (AvgIpc) is 3.22. The molecule has 0 amide bonds. The van der Waals surface area contributed by atoms with Crippen LogP contribution in [0.4, 0.5) is 0 Å². The molecule has 19 heavy (non-hydrogen) atoms. The number of nitrogens with zero attached hydrogens (tertiary/aromatic N) is 2. The van der Waals surface area contributed by atoms with Crippen molar-refractivity contribution in [3.63, 3.8) is 0 Å². The van der Waals surface area contributed by atoms with Gasteiger partial charge in [0.2, 0.25) is 0 Å². The number of aromatic nitrogens is 2. The molecule has 1 aliphatic carbocycles. The van der Waals surface area contributed by atoms with E-state index in [1.807, 2.05) is 18.2 Å². The zero-order valence-electron chi connectivity index (χ0n) is 10.6. The first-order valence-electron chi connectivity index (χ1n) is 6.59. The zero-order chi connectivity index (χ0) is 13.2. The highest BCUT2D eigenvalue weighted by Crippen LogP contribution is 2.27. The summed E-state index contributed by atoms with van der Waals surface area (Å²) in [6.07, 6.45) is 4.33. The minimum Gasteiger partial charge on any atom is -0.315 e. The van der Waals surface area contributed by atoms with Gasteiger partial charge in [0.25, 0.3) is 5.56 Å². The smallest absolute Gasteiger partial charge is 0.261 e. The third-order valence-corrected chi connectivity index (χ3v) is 3.94. The van der Waals surface area contributed by atoms with Gasteiger partial charge in [-0.1, -0.05) is 15.9 Å². The van der Waals surface area contributed by atoms with E-state index < -0.39 is 0 Å². The summed E-state index contributed by atoms with van der Waals surface area (Å²) in [4.78, 5) is 16.6. The molecule has 1 N–H and O–H groups in total. The van der Waals surface area contributed by atoms with Gasteiger partial charge in [0.05, 0.1) is 17.2 Å². The van der Waals surface area contributed by atoms with E-state index in [2.05, 4.69) is 26.2 Å². The van der Waals surface area contributed by atoms with Crippen molar-refractivity contribution in [1.29, 1.82) is 0 Å². The number of benzene rings is 1.